The molecule has 0 aliphatic heterocycles. The summed E-state index contributed by atoms with van der Waals surface area (Å²) in [5, 5.41) is 5.72. The van der Waals surface area contributed by atoms with Crippen LogP contribution in [0.4, 0.5) is 16.2 Å². The Morgan fingerprint density at radius 3 is 2.15 bits per heavy atom. The van der Waals surface area contributed by atoms with E-state index in [1.807, 2.05) is 79.7 Å². The Bertz CT molecular complexity index is 1030. The number of anilines is 2. The minimum Gasteiger partial charge on any atom is -0.484 e. The number of benzene rings is 3. The molecule has 2 N–H and O–H groups in total. The molecule has 0 unspecified atom stereocenters. The van der Waals surface area contributed by atoms with Crippen LogP contribution in [0.25, 0.3) is 0 Å². The van der Waals surface area contributed by atoms with E-state index in [-0.39, 0.29) is 18.5 Å². The summed E-state index contributed by atoms with van der Waals surface area (Å²) in [5.74, 6) is 0.243. The van der Waals surface area contributed by atoms with Gasteiger partial charge in [0.2, 0.25) is 0 Å². The van der Waals surface area contributed by atoms with Gasteiger partial charge in [-0.2, -0.15) is 0 Å². The summed E-state index contributed by atoms with van der Waals surface area (Å²) in [7, 11) is 3.96. The van der Waals surface area contributed by atoms with Crippen molar-refractivity contribution < 1.29 is 14.3 Å². The highest BCUT2D eigenvalue weighted by Crippen LogP contribution is 2.18. The quantitative estimate of drug-likeness (QED) is 0.487. The number of hydrogen-bond donors (Lipinski definition) is 2. The molecule has 172 valence electrons. The van der Waals surface area contributed by atoms with Gasteiger partial charge in [0.15, 0.2) is 6.61 Å². The van der Waals surface area contributed by atoms with E-state index in [1.54, 1.807) is 29.2 Å². The first kappa shape index (κ1) is 23.8. The van der Waals surface area contributed by atoms with Gasteiger partial charge in [0.25, 0.3) is 5.91 Å². The monoisotopic (exact) mass is 446 g/mol. The van der Waals surface area contributed by atoms with Crippen molar-refractivity contribution in [2.45, 2.75) is 6.54 Å². The van der Waals surface area contributed by atoms with Crippen molar-refractivity contribution in [1.82, 2.24) is 9.80 Å². The second-order valence-corrected chi connectivity index (χ2v) is 7.87. The third kappa shape index (κ3) is 8.31. The molecule has 0 saturated heterocycles. The van der Waals surface area contributed by atoms with Crippen molar-refractivity contribution in [3.8, 4) is 5.75 Å². The van der Waals surface area contributed by atoms with Crippen LogP contribution >= 0.6 is 0 Å². The summed E-state index contributed by atoms with van der Waals surface area (Å²) in [6.07, 6.45) is 0. The molecule has 0 aromatic heterocycles. The molecule has 0 heterocycles. The third-order valence-corrected chi connectivity index (χ3v) is 4.83. The number of ether oxygens (including phenoxy) is 1. The number of hydrogen-bond acceptors (Lipinski definition) is 4. The molecule has 0 fully saturated rings. The molecule has 0 aliphatic carbocycles. The van der Waals surface area contributed by atoms with E-state index in [9.17, 15) is 9.59 Å². The molecule has 7 nitrogen and oxygen atoms in total. The van der Waals surface area contributed by atoms with Crippen molar-refractivity contribution in [3.63, 3.8) is 0 Å². The Morgan fingerprint density at radius 1 is 0.788 bits per heavy atom. The van der Waals surface area contributed by atoms with E-state index >= 15 is 0 Å². The highest BCUT2D eigenvalue weighted by atomic mass is 16.5. The largest absolute Gasteiger partial charge is 0.484 e. The minimum atomic E-state index is -0.256. The van der Waals surface area contributed by atoms with E-state index in [2.05, 4.69) is 10.6 Å². The normalized spacial score (nSPS) is 10.5. The van der Waals surface area contributed by atoms with E-state index in [1.165, 1.54) is 0 Å². The van der Waals surface area contributed by atoms with Gasteiger partial charge in [-0.05, 0) is 43.9 Å². The van der Waals surface area contributed by atoms with Gasteiger partial charge in [0, 0.05) is 37.1 Å². The molecule has 33 heavy (non-hydrogen) atoms. The lowest BCUT2D eigenvalue weighted by Crippen LogP contribution is -2.39. The van der Waals surface area contributed by atoms with Crippen molar-refractivity contribution in [1.29, 1.82) is 0 Å². The van der Waals surface area contributed by atoms with Gasteiger partial charge >= 0.3 is 6.03 Å². The first-order valence-electron chi connectivity index (χ1n) is 10.8. The Labute approximate surface area is 195 Å². The molecular formula is C26H30N4O3. The average Bonchev–Trinajstić information content (AvgIpc) is 2.82. The number of rotatable bonds is 10. The van der Waals surface area contributed by atoms with Crippen LogP contribution in [0.15, 0.2) is 84.9 Å². The first-order valence-corrected chi connectivity index (χ1v) is 10.8. The Hall–Kier alpha value is -3.84. The minimum absolute atomic E-state index is 0.130. The second-order valence-electron chi connectivity index (χ2n) is 7.87. The van der Waals surface area contributed by atoms with Gasteiger partial charge in [-0.15, -0.1) is 0 Å². The summed E-state index contributed by atoms with van der Waals surface area (Å²) in [6, 6.07) is 25.9. The van der Waals surface area contributed by atoms with E-state index in [4.69, 9.17) is 4.74 Å². The van der Waals surface area contributed by atoms with Crippen molar-refractivity contribution in [2.24, 2.45) is 0 Å². The molecule has 0 spiro atoms. The number of carbonyl (C=O) groups is 2. The Morgan fingerprint density at radius 2 is 1.45 bits per heavy atom. The number of para-hydroxylation sites is 1. The highest BCUT2D eigenvalue weighted by Gasteiger charge is 2.15. The molecule has 0 aliphatic rings. The topological polar surface area (TPSA) is 73.9 Å². The van der Waals surface area contributed by atoms with Crippen LogP contribution in [-0.2, 0) is 11.3 Å². The van der Waals surface area contributed by atoms with Crippen molar-refractivity contribution in [3.05, 3.63) is 90.5 Å². The van der Waals surface area contributed by atoms with Crippen molar-refractivity contribution >= 4 is 23.3 Å². The molecule has 7 heteroatoms. The highest BCUT2D eigenvalue weighted by molar-refractivity contribution is 5.92. The van der Waals surface area contributed by atoms with Crippen LogP contribution in [0, 0.1) is 0 Å². The number of nitrogens with zero attached hydrogens (tertiary/aromatic N) is 2. The zero-order chi connectivity index (χ0) is 23.5. The smallest absolute Gasteiger partial charge is 0.322 e. The van der Waals surface area contributed by atoms with Crippen LogP contribution in [0.3, 0.4) is 0 Å². The van der Waals surface area contributed by atoms with E-state index < -0.39 is 0 Å². The zero-order valence-corrected chi connectivity index (χ0v) is 19.0. The number of amides is 3. The van der Waals surface area contributed by atoms with Gasteiger partial charge in [-0.1, -0.05) is 54.6 Å². The van der Waals surface area contributed by atoms with Crippen LogP contribution in [0.2, 0.25) is 0 Å². The molecule has 3 aromatic carbocycles. The van der Waals surface area contributed by atoms with Crippen LogP contribution in [-0.4, -0.2) is 55.5 Å². The summed E-state index contributed by atoms with van der Waals surface area (Å²) < 4.78 is 5.61. The van der Waals surface area contributed by atoms with Gasteiger partial charge in [-0.25, -0.2) is 4.79 Å². The lowest BCUT2D eigenvalue weighted by molar-refractivity contribution is -0.118. The Kier molecular flexibility index (Phi) is 8.85. The molecule has 3 aromatic rings. The van der Waals surface area contributed by atoms with Gasteiger partial charge in [0.1, 0.15) is 5.75 Å². The number of likely N-dealkylation sites (N-methyl/N-ethyl adjacent to an activating group) is 1. The number of urea groups is 1. The lowest BCUT2D eigenvalue weighted by Gasteiger charge is -2.25. The summed E-state index contributed by atoms with van der Waals surface area (Å²) in [6.45, 7) is 1.72. The fourth-order valence-corrected chi connectivity index (χ4v) is 3.11. The fraction of sp³-hybridized carbons (Fsp3) is 0.231. The molecule has 3 amide bonds. The van der Waals surface area contributed by atoms with E-state index in [0.29, 0.717) is 30.2 Å². The van der Waals surface area contributed by atoms with Gasteiger partial charge in [0.05, 0.1) is 0 Å². The maximum absolute atomic E-state index is 13.0. The maximum Gasteiger partial charge on any atom is 0.322 e. The lowest BCUT2D eigenvalue weighted by atomic mass is 10.2. The maximum atomic E-state index is 13.0. The molecule has 0 atom stereocenters. The van der Waals surface area contributed by atoms with Crippen molar-refractivity contribution in [2.75, 3.05) is 44.4 Å². The number of carbonyl (C=O) groups excluding carboxylic acids is 2. The second kappa shape index (κ2) is 12.3. The average molecular weight is 447 g/mol. The number of nitrogens with one attached hydrogen (secondary N) is 2. The van der Waals surface area contributed by atoms with Gasteiger partial charge in [-0.3, -0.25) is 4.79 Å². The predicted molar refractivity (Wildman–Crippen MR) is 131 cm³/mol. The zero-order valence-electron chi connectivity index (χ0n) is 19.0. The van der Waals surface area contributed by atoms with Crippen LogP contribution < -0.4 is 15.4 Å². The van der Waals surface area contributed by atoms with E-state index in [0.717, 1.165) is 12.1 Å². The summed E-state index contributed by atoms with van der Waals surface area (Å²) in [4.78, 5) is 28.9. The molecule has 0 radical (unpaired) electrons. The molecular weight excluding hydrogens is 416 g/mol. The molecule has 0 saturated carbocycles. The SMILES string of the molecule is CN(C)CCN(Cc1ccccc1)C(=O)Nc1cccc(OCC(=O)Nc2ccccc2)c1. The molecule has 0 bridgehead atoms. The summed E-state index contributed by atoms with van der Waals surface area (Å²) >= 11 is 0. The third-order valence-electron chi connectivity index (χ3n) is 4.83. The Balaban J connectivity index is 1.58. The van der Waals surface area contributed by atoms with Crippen LogP contribution in [0.1, 0.15) is 5.56 Å². The fourth-order valence-electron chi connectivity index (χ4n) is 3.11. The predicted octanol–water partition coefficient (Wildman–Crippen LogP) is 4.30. The summed E-state index contributed by atoms with van der Waals surface area (Å²) in [5.41, 5.74) is 2.38. The van der Waals surface area contributed by atoms with Gasteiger partial charge < -0.3 is 25.2 Å². The standard InChI is InChI=1S/C26H30N4O3/c1-29(2)16-17-30(19-21-10-5-3-6-11-21)26(32)28-23-14-9-15-24(18-23)33-20-25(31)27-22-12-7-4-8-13-22/h3-15,18H,16-17,19-20H2,1-2H3,(H,27,31)(H,28,32). The molecule has 3 rings (SSSR count). The first-order chi connectivity index (χ1) is 16.0. The van der Waals surface area contributed by atoms with Crippen LogP contribution in [0.5, 0.6) is 5.75 Å².